The van der Waals surface area contributed by atoms with Gasteiger partial charge in [0.25, 0.3) is 0 Å². The molecule has 1 heterocycles. The van der Waals surface area contributed by atoms with Crippen LogP contribution in [0.2, 0.25) is 0 Å². The Hall–Kier alpha value is -1.56. The quantitative estimate of drug-likeness (QED) is 0.780. The summed E-state index contributed by atoms with van der Waals surface area (Å²) in [5, 5.41) is 12.3. The Bertz CT molecular complexity index is 489. The topological polar surface area (TPSA) is 79.3 Å². The minimum atomic E-state index is -1.01. The smallest absolute Gasteiger partial charge is 0.338 e. The van der Waals surface area contributed by atoms with E-state index in [-0.39, 0.29) is 17.2 Å². The van der Waals surface area contributed by atoms with Crippen molar-refractivity contribution >= 4 is 23.6 Å². The molecule has 2 N–H and O–H groups in total. The fourth-order valence-electron chi connectivity index (χ4n) is 1.62. The van der Waals surface area contributed by atoms with E-state index in [2.05, 4.69) is 10.3 Å². The standard InChI is InChI=1S/C13H18N2O3S/c1-4-5-14-10(16)7-19-12-11(13(17)18)8(2)6-9(3)15-12/h6H,4-5,7H2,1-3H3,(H,14,16)(H,17,18). The summed E-state index contributed by atoms with van der Waals surface area (Å²) >= 11 is 1.16. The molecule has 0 saturated carbocycles. The first kappa shape index (κ1) is 15.5. The molecule has 5 nitrogen and oxygen atoms in total. The van der Waals surface area contributed by atoms with Crippen LogP contribution < -0.4 is 5.32 Å². The minimum Gasteiger partial charge on any atom is -0.478 e. The molecule has 19 heavy (non-hydrogen) atoms. The van der Waals surface area contributed by atoms with Crippen molar-refractivity contribution < 1.29 is 14.7 Å². The van der Waals surface area contributed by atoms with Crippen LogP contribution in [0.15, 0.2) is 11.1 Å². The van der Waals surface area contributed by atoms with Gasteiger partial charge in [0, 0.05) is 12.2 Å². The van der Waals surface area contributed by atoms with Gasteiger partial charge in [-0.1, -0.05) is 18.7 Å². The minimum absolute atomic E-state index is 0.107. The van der Waals surface area contributed by atoms with Gasteiger partial charge in [0.05, 0.1) is 11.3 Å². The first-order chi connectivity index (χ1) is 8.95. The van der Waals surface area contributed by atoms with E-state index in [0.717, 1.165) is 23.9 Å². The molecule has 1 aromatic heterocycles. The van der Waals surface area contributed by atoms with Crippen LogP contribution in [0.5, 0.6) is 0 Å². The highest BCUT2D eigenvalue weighted by Crippen LogP contribution is 2.24. The van der Waals surface area contributed by atoms with Gasteiger partial charge in [-0.3, -0.25) is 4.79 Å². The van der Waals surface area contributed by atoms with Crippen LogP contribution in [0.4, 0.5) is 0 Å². The van der Waals surface area contributed by atoms with E-state index in [0.29, 0.717) is 17.1 Å². The zero-order valence-corrected chi connectivity index (χ0v) is 12.1. The molecule has 1 amide bonds. The largest absolute Gasteiger partial charge is 0.478 e. The van der Waals surface area contributed by atoms with Crippen molar-refractivity contribution in [3.05, 3.63) is 22.9 Å². The summed E-state index contributed by atoms with van der Waals surface area (Å²) < 4.78 is 0. The highest BCUT2D eigenvalue weighted by Gasteiger charge is 2.17. The maximum Gasteiger partial charge on any atom is 0.338 e. The second kappa shape index (κ2) is 7.13. The lowest BCUT2D eigenvalue weighted by atomic mass is 10.1. The molecule has 6 heteroatoms. The lowest BCUT2D eigenvalue weighted by Gasteiger charge is -2.09. The van der Waals surface area contributed by atoms with E-state index >= 15 is 0 Å². The maximum absolute atomic E-state index is 11.5. The lowest BCUT2D eigenvalue weighted by molar-refractivity contribution is -0.118. The highest BCUT2D eigenvalue weighted by atomic mass is 32.2. The van der Waals surface area contributed by atoms with Gasteiger partial charge in [-0.25, -0.2) is 9.78 Å². The molecule has 0 aliphatic heterocycles. The van der Waals surface area contributed by atoms with Gasteiger partial charge in [0.15, 0.2) is 0 Å². The number of carboxylic acid groups (broad SMARTS) is 1. The Morgan fingerprint density at radius 3 is 2.68 bits per heavy atom. The zero-order valence-electron chi connectivity index (χ0n) is 11.3. The number of nitrogens with zero attached hydrogens (tertiary/aromatic N) is 1. The van der Waals surface area contributed by atoms with E-state index in [9.17, 15) is 14.7 Å². The molecule has 0 radical (unpaired) electrons. The van der Waals surface area contributed by atoms with Crippen LogP contribution in [0.3, 0.4) is 0 Å². The third kappa shape index (κ3) is 4.55. The third-order valence-corrected chi connectivity index (χ3v) is 3.41. The number of pyridine rings is 1. The van der Waals surface area contributed by atoms with Crippen molar-refractivity contribution in [2.24, 2.45) is 0 Å². The molecule has 1 rings (SSSR count). The number of carbonyl (C=O) groups is 2. The molecule has 104 valence electrons. The van der Waals surface area contributed by atoms with Gasteiger partial charge in [0.1, 0.15) is 5.03 Å². The molecule has 0 saturated heterocycles. The molecule has 0 spiro atoms. The molecule has 0 bridgehead atoms. The van der Waals surface area contributed by atoms with E-state index in [4.69, 9.17) is 0 Å². The first-order valence-corrected chi connectivity index (χ1v) is 7.05. The van der Waals surface area contributed by atoms with E-state index in [1.807, 2.05) is 6.92 Å². The second-order valence-electron chi connectivity index (χ2n) is 4.20. The van der Waals surface area contributed by atoms with Gasteiger partial charge in [0.2, 0.25) is 5.91 Å². The number of hydrogen-bond acceptors (Lipinski definition) is 4. The molecule has 0 fully saturated rings. The first-order valence-electron chi connectivity index (χ1n) is 6.06. The monoisotopic (exact) mass is 282 g/mol. The fourth-order valence-corrected chi connectivity index (χ4v) is 2.59. The van der Waals surface area contributed by atoms with Crippen molar-refractivity contribution in [1.82, 2.24) is 10.3 Å². The zero-order chi connectivity index (χ0) is 14.4. The SMILES string of the molecule is CCCNC(=O)CSc1nc(C)cc(C)c1C(=O)O. The van der Waals surface area contributed by atoms with E-state index in [1.165, 1.54) is 0 Å². The van der Waals surface area contributed by atoms with Crippen LogP contribution >= 0.6 is 11.8 Å². The summed E-state index contributed by atoms with van der Waals surface area (Å²) in [6.07, 6.45) is 0.874. The Morgan fingerprint density at radius 2 is 2.11 bits per heavy atom. The van der Waals surface area contributed by atoms with Crippen molar-refractivity contribution in [2.45, 2.75) is 32.2 Å². The normalized spacial score (nSPS) is 10.3. The van der Waals surface area contributed by atoms with Gasteiger partial charge in [-0.2, -0.15) is 0 Å². The van der Waals surface area contributed by atoms with Crippen molar-refractivity contribution in [3.63, 3.8) is 0 Å². The van der Waals surface area contributed by atoms with Crippen LogP contribution in [-0.2, 0) is 4.79 Å². The third-order valence-electron chi connectivity index (χ3n) is 2.44. The summed E-state index contributed by atoms with van der Waals surface area (Å²) in [4.78, 5) is 26.9. The summed E-state index contributed by atoms with van der Waals surface area (Å²) in [7, 11) is 0. The summed E-state index contributed by atoms with van der Waals surface area (Å²) in [5.74, 6) is -0.943. The molecule has 0 unspecified atom stereocenters. The summed E-state index contributed by atoms with van der Waals surface area (Å²) in [6.45, 7) is 6.14. The number of nitrogens with one attached hydrogen (secondary N) is 1. The van der Waals surface area contributed by atoms with Gasteiger partial charge >= 0.3 is 5.97 Å². The number of carboxylic acids is 1. The van der Waals surface area contributed by atoms with Gasteiger partial charge < -0.3 is 10.4 Å². The second-order valence-corrected chi connectivity index (χ2v) is 5.17. The predicted octanol–water partition coefficient (Wildman–Crippen LogP) is 2.01. The van der Waals surface area contributed by atoms with Gasteiger partial charge in [-0.15, -0.1) is 0 Å². The number of carbonyl (C=O) groups excluding carboxylic acids is 1. The van der Waals surface area contributed by atoms with Gasteiger partial charge in [-0.05, 0) is 31.9 Å². The van der Waals surface area contributed by atoms with Crippen molar-refractivity contribution in [3.8, 4) is 0 Å². The highest BCUT2D eigenvalue weighted by molar-refractivity contribution is 8.00. The number of amides is 1. The maximum atomic E-state index is 11.5. The molecule has 0 atom stereocenters. The summed E-state index contributed by atoms with van der Waals surface area (Å²) in [5.41, 5.74) is 1.59. The van der Waals surface area contributed by atoms with Crippen LogP contribution in [0.25, 0.3) is 0 Å². The molecule has 1 aromatic rings. The number of rotatable bonds is 6. The van der Waals surface area contributed by atoms with E-state index in [1.54, 1.807) is 19.9 Å². The van der Waals surface area contributed by atoms with E-state index < -0.39 is 5.97 Å². The molecular formula is C13H18N2O3S. The number of aromatic nitrogens is 1. The Balaban J connectivity index is 2.82. The van der Waals surface area contributed by atoms with Crippen LogP contribution in [-0.4, -0.2) is 34.3 Å². The molecule has 0 aromatic carbocycles. The van der Waals surface area contributed by atoms with Crippen molar-refractivity contribution in [2.75, 3.05) is 12.3 Å². The lowest BCUT2D eigenvalue weighted by Crippen LogP contribution is -2.25. The number of hydrogen-bond donors (Lipinski definition) is 2. The fraction of sp³-hybridized carbons (Fsp3) is 0.462. The molecule has 0 aliphatic rings. The Labute approximate surface area is 116 Å². The Kier molecular flexibility index (Phi) is 5.82. The Morgan fingerprint density at radius 1 is 1.42 bits per heavy atom. The number of aryl methyl sites for hydroxylation is 2. The molecular weight excluding hydrogens is 264 g/mol. The average molecular weight is 282 g/mol. The number of thioether (sulfide) groups is 1. The molecule has 0 aliphatic carbocycles. The summed E-state index contributed by atoms with van der Waals surface area (Å²) in [6, 6.07) is 1.73. The van der Waals surface area contributed by atoms with Crippen LogP contribution in [0.1, 0.15) is 35.0 Å². The number of aromatic carboxylic acids is 1. The van der Waals surface area contributed by atoms with Crippen molar-refractivity contribution in [1.29, 1.82) is 0 Å². The van der Waals surface area contributed by atoms with Crippen LogP contribution in [0, 0.1) is 13.8 Å². The average Bonchev–Trinajstić information content (AvgIpc) is 2.32. The predicted molar refractivity (Wildman–Crippen MR) is 74.7 cm³/mol.